The molecule has 0 aromatic heterocycles. The van der Waals surface area contributed by atoms with E-state index in [9.17, 15) is 8.42 Å². The molecule has 0 heterocycles. The molecular weight excluding hydrogens is 344 g/mol. The van der Waals surface area contributed by atoms with Crippen molar-refractivity contribution >= 4 is 10.1 Å². The molecule has 1 aromatic carbocycles. The molecule has 1 aromatic rings. The summed E-state index contributed by atoms with van der Waals surface area (Å²) in [6, 6.07) is 6.94. The zero-order valence-corrected chi connectivity index (χ0v) is 17.5. The van der Waals surface area contributed by atoms with Gasteiger partial charge in [0.25, 0.3) is 10.1 Å². The molecule has 0 atom stereocenters. The Balaban J connectivity index is 2.63. The van der Waals surface area contributed by atoms with Gasteiger partial charge in [0.1, 0.15) is 0 Å². The highest BCUT2D eigenvalue weighted by Gasteiger charge is 2.08. The van der Waals surface area contributed by atoms with Gasteiger partial charge in [0, 0.05) is 0 Å². The fourth-order valence-electron chi connectivity index (χ4n) is 3.09. The van der Waals surface area contributed by atoms with Gasteiger partial charge >= 0.3 is 0 Å². The van der Waals surface area contributed by atoms with Crippen molar-refractivity contribution in [1.29, 1.82) is 0 Å². The maximum absolute atomic E-state index is 11.6. The van der Waals surface area contributed by atoms with Crippen molar-refractivity contribution in [1.82, 2.24) is 0 Å². The van der Waals surface area contributed by atoms with Gasteiger partial charge in [-0.05, 0) is 55.2 Å². The van der Waals surface area contributed by atoms with E-state index in [0.29, 0.717) is 6.42 Å². The van der Waals surface area contributed by atoms with Crippen molar-refractivity contribution in [2.75, 3.05) is 12.4 Å². The van der Waals surface area contributed by atoms with E-state index in [0.717, 1.165) is 19.3 Å². The molecule has 26 heavy (non-hydrogen) atoms. The van der Waals surface area contributed by atoms with E-state index in [-0.39, 0.29) is 12.4 Å². The second-order valence-electron chi connectivity index (χ2n) is 7.01. The number of benzene rings is 1. The Morgan fingerprint density at radius 2 is 1.31 bits per heavy atom. The third-order valence-electron chi connectivity index (χ3n) is 4.45. The van der Waals surface area contributed by atoms with Gasteiger partial charge in [-0.3, -0.25) is 4.18 Å². The maximum Gasteiger partial charge on any atom is 0.270 e. The van der Waals surface area contributed by atoms with Crippen molar-refractivity contribution in [3.05, 3.63) is 47.5 Å². The smallest absolute Gasteiger partial charge is 0.270 e. The van der Waals surface area contributed by atoms with Crippen LogP contribution in [0.4, 0.5) is 0 Å². The van der Waals surface area contributed by atoms with Crippen LogP contribution in [0.1, 0.15) is 75.5 Å². The highest BCUT2D eigenvalue weighted by molar-refractivity contribution is 7.86. The molecule has 0 saturated carbocycles. The first kappa shape index (κ1) is 22.9. The van der Waals surface area contributed by atoms with Crippen molar-refractivity contribution in [2.24, 2.45) is 0 Å². The predicted molar refractivity (Wildman–Crippen MR) is 111 cm³/mol. The molecule has 148 valence electrons. The van der Waals surface area contributed by atoms with Crippen LogP contribution in [-0.4, -0.2) is 20.8 Å². The number of rotatable bonds is 15. The van der Waals surface area contributed by atoms with E-state index in [1.807, 2.05) is 0 Å². The molecule has 4 heteroatoms. The summed E-state index contributed by atoms with van der Waals surface area (Å²) >= 11 is 0. The normalized spacial score (nSPS) is 11.6. The van der Waals surface area contributed by atoms with Crippen LogP contribution in [0, 0.1) is 0 Å². The molecule has 0 N–H and O–H groups in total. The van der Waals surface area contributed by atoms with Gasteiger partial charge in [0.2, 0.25) is 0 Å². The molecule has 1 rings (SSSR count). The van der Waals surface area contributed by atoms with Crippen LogP contribution >= 0.6 is 0 Å². The average molecular weight is 381 g/mol. The largest absolute Gasteiger partial charge is 0.270 e. The molecule has 0 radical (unpaired) electrons. The minimum absolute atomic E-state index is 0.124. The van der Waals surface area contributed by atoms with E-state index in [1.54, 1.807) is 0 Å². The minimum atomic E-state index is -3.45. The Morgan fingerprint density at radius 3 is 1.73 bits per heavy atom. The van der Waals surface area contributed by atoms with Crippen LogP contribution in [0.5, 0.6) is 0 Å². The second-order valence-corrected chi connectivity index (χ2v) is 8.69. The van der Waals surface area contributed by atoms with Crippen LogP contribution in [0.15, 0.2) is 30.9 Å². The molecule has 0 amide bonds. The second kappa shape index (κ2) is 13.1. The SMILES string of the molecule is C=CCS(=O)(=O)OCCCc1cc(CCCCC)cc(CCCCC)c1. The van der Waals surface area contributed by atoms with E-state index in [4.69, 9.17) is 4.18 Å². The summed E-state index contributed by atoms with van der Waals surface area (Å²) in [7, 11) is -3.45. The molecule has 0 fully saturated rings. The Hall–Kier alpha value is -1.13. The van der Waals surface area contributed by atoms with Crippen molar-refractivity contribution < 1.29 is 12.6 Å². The van der Waals surface area contributed by atoms with E-state index in [2.05, 4.69) is 38.6 Å². The van der Waals surface area contributed by atoms with Crippen LogP contribution in [-0.2, 0) is 33.6 Å². The number of aryl methyl sites for hydroxylation is 3. The lowest BCUT2D eigenvalue weighted by Crippen LogP contribution is -2.10. The lowest BCUT2D eigenvalue weighted by Gasteiger charge is -2.11. The molecule has 0 spiro atoms. The summed E-state index contributed by atoms with van der Waals surface area (Å²) in [4.78, 5) is 0. The summed E-state index contributed by atoms with van der Waals surface area (Å²) in [6.07, 6.45) is 12.7. The number of hydrogen-bond acceptors (Lipinski definition) is 3. The first-order valence-corrected chi connectivity index (χ1v) is 11.7. The highest BCUT2D eigenvalue weighted by atomic mass is 32.2. The van der Waals surface area contributed by atoms with E-state index >= 15 is 0 Å². The van der Waals surface area contributed by atoms with Crippen LogP contribution in [0.3, 0.4) is 0 Å². The van der Waals surface area contributed by atoms with Crippen LogP contribution in [0.2, 0.25) is 0 Å². The minimum Gasteiger partial charge on any atom is -0.270 e. The number of hydrogen-bond donors (Lipinski definition) is 0. The monoisotopic (exact) mass is 380 g/mol. The molecule has 0 aliphatic rings. The van der Waals surface area contributed by atoms with Gasteiger partial charge < -0.3 is 0 Å². The molecule has 0 aliphatic carbocycles. The molecule has 0 bridgehead atoms. The Morgan fingerprint density at radius 1 is 0.846 bits per heavy atom. The van der Waals surface area contributed by atoms with Gasteiger partial charge in [0.15, 0.2) is 0 Å². The first-order valence-electron chi connectivity index (χ1n) is 10.1. The molecule has 0 saturated heterocycles. The summed E-state index contributed by atoms with van der Waals surface area (Å²) in [6.45, 7) is 8.14. The molecule has 3 nitrogen and oxygen atoms in total. The van der Waals surface area contributed by atoms with Gasteiger partial charge in [-0.25, -0.2) is 0 Å². The van der Waals surface area contributed by atoms with Crippen molar-refractivity contribution in [3.63, 3.8) is 0 Å². The van der Waals surface area contributed by atoms with Crippen LogP contribution < -0.4 is 0 Å². The van der Waals surface area contributed by atoms with E-state index < -0.39 is 10.1 Å². The predicted octanol–water partition coefficient (Wildman–Crippen LogP) is 5.62. The average Bonchev–Trinajstić information content (AvgIpc) is 2.59. The zero-order chi connectivity index (χ0) is 19.3. The third-order valence-corrected chi connectivity index (χ3v) is 5.61. The summed E-state index contributed by atoms with van der Waals surface area (Å²) in [5.41, 5.74) is 4.14. The maximum atomic E-state index is 11.6. The number of unbranched alkanes of at least 4 members (excludes halogenated alkanes) is 4. The fourth-order valence-corrected chi connectivity index (χ4v) is 3.84. The Bertz CT molecular complexity index is 592. The third kappa shape index (κ3) is 10.1. The van der Waals surface area contributed by atoms with Gasteiger partial charge in [-0.1, -0.05) is 63.8 Å². The summed E-state index contributed by atoms with van der Waals surface area (Å²) in [5.74, 6) is -0.124. The summed E-state index contributed by atoms with van der Waals surface area (Å²) < 4.78 is 28.1. The topological polar surface area (TPSA) is 43.4 Å². The standard InChI is InChI=1S/C22H36O3S/c1-4-7-9-12-20-17-21(13-10-8-5-2)19-22(18-20)14-11-15-25-26(23,24)16-6-3/h6,17-19H,3-5,7-16H2,1-2H3. The highest BCUT2D eigenvalue weighted by Crippen LogP contribution is 2.17. The molecule has 0 unspecified atom stereocenters. The quantitative estimate of drug-likeness (QED) is 0.225. The van der Waals surface area contributed by atoms with Crippen molar-refractivity contribution in [3.8, 4) is 0 Å². The lowest BCUT2D eigenvalue weighted by molar-refractivity contribution is 0.314. The van der Waals surface area contributed by atoms with Gasteiger partial charge in [0.05, 0.1) is 12.4 Å². The molecular formula is C22H36O3S. The Labute approximate surface area is 161 Å². The first-order chi connectivity index (χ1) is 12.5. The van der Waals surface area contributed by atoms with E-state index in [1.165, 1.54) is 61.3 Å². The molecule has 0 aliphatic heterocycles. The van der Waals surface area contributed by atoms with Crippen molar-refractivity contribution in [2.45, 2.75) is 78.1 Å². The summed E-state index contributed by atoms with van der Waals surface area (Å²) in [5, 5.41) is 0. The van der Waals surface area contributed by atoms with Gasteiger partial charge in [-0.2, -0.15) is 8.42 Å². The van der Waals surface area contributed by atoms with Gasteiger partial charge in [-0.15, -0.1) is 6.58 Å². The Kier molecular flexibility index (Phi) is 11.5. The van der Waals surface area contributed by atoms with Crippen LogP contribution in [0.25, 0.3) is 0 Å². The zero-order valence-electron chi connectivity index (χ0n) is 16.6. The fraction of sp³-hybridized carbons (Fsp3) is 0.636. The lowest BCUT2D eigenvalue weighted by atomic mass is 9.96.